The van der Waals surface area contributed by atoms with Gasteiger partial charge in [0.2, 0.25) is 0 Å². The van der Waals surface area contributed by atoms with Crippen molar-refractivity contribution in [1.82, 2.24) is 25.0 Å². The van der Waals surface area contributed by atoms with Crippen molar-refractivity contribution in [3.8, 4) is 0 Å². The van der Waals surface area contributed by atoms with Gasteiger partial charge in [0.25, 0.3) is 0 Å². The van der Waals surface area contributed by atoms with E-state index in [-0.39, 0.29) is 0 Å². The maximum Gasteiger partial charge on any atom is 0.194 e. The van der Waals surface area contributed by atoms with Crippen LogP contribution in [-0.2, 0) is 20.1 Å². The van der Waals surface area contributed by atoms with Crippen LogP contribution in [0.4, 0.5) is 0 Å². The van der Waals surface area contributed by atoms with E-state index in [2.05, 4.69) is 60.4 Å². The van der Waals surface area contributed by atoms with E-state index in [1.54, 1.807) is 0 Å². The van der Waals surface area contributed by atoms with Crippen molar-refractivity contribution >= 4 is 16.9 Å². The van der Waals surface area contributed by atoms with Crippen molar-refractivity contribution in [1.29, 1.82) is 0 Å². The van der Waals surface area contributed by atoms with Gasteiger partial charge in [-0.25, -0.2) is 4.99 Å². The van der Waals surface area contributed by atoms with Crippen molar-refractivity contribution in [2.45, 2.75) is 39.8 Å². The van der Waals surface area contributed by atoms with Crippen LogP contribution in [0, 0.1) is 0 Å². The fraction of sp³-hybridized carbons (Fsp3) is 0.409. The molecule has 0 unspecified atom stereocenters. The van der Waals surface area contributed by atoms with E-state index in [1.165, 1.54) is 11.1 Å². The van der Waals surface area contributed by atoms with Crippen molar-refractivity contribution in [3.05, 3.63) is 59.5 Å². The molecule has 1 aromatic carbocycles. The van der Waals surface area contributed by atoms with Crippen LogP contribution in [0.3, 0.4) is 0 Å². The second kappa shape index (κ2) is 8.87. The normalized spacial score (nSPS) is 12.0. The van der Waals surface area contributed by atoms with Gasteiger partial charge in [0.05, 0.1) is 17.8 Å². The van der Waals surface area contributed by atoms with E-state index in [0.717, 1.165) is 35.6 Å². The van der Waals surface area contributed by atoms with E-state index in [4.69, 9.17) is 4.99 Å². The van der Waals surface area contributed by atoms with Crippen molar-refractivity contribution < 1.29 is 0 Å². The number of para-hydroxylation sites is 1. The SMILES string of the molecule is CCNC(=NCc1ccnc2ccccc12)N(C)Cc1cn(C)nc1C(C)C. The maximum atomic E-state index is 4.89. The zero-order chi connectivity index (χ0) is 20.1. The number of fused-ring (bicyclic) bond motifs is 1. The Morgan fingerprint density at radius 1 is 1.21 bits per heavy atom. The lowest BCUT2D eigenvalue weighted by molar-refractivity contribution is 0.473. The molecule has 1 N–H and O–H groups in total. The first-order valence-corrected chi connectivity index (χ1v) is 9.84. The minimum Gasteiger partial charge on any atom is -0.357 e. The van der Waals surface area contributed by atoms with Gasteiger partial charge in [0, 0.05) is 50.5 Å². The first kappa shape index (κ1) is 19.9. The molecule has 0 radical (unpaired) electrons. The molecule has 0 aliphatic carbocycles. The quantitative estimate of drug-likeness (QED) is 0.525. The van der Waals surface area contributed by atoms with Gasteiger partial charge in [-0.1, -0.05) is 32.0 Å². The Morgan fingerprint density at radius 3 is 2.75 bits per heavy atom. The lowest BCUT2D eigenvalue weighted by Crippen LogP contribution is -2.38. The minimum atomic E-state index is 0.396. The van der Waals surface area contributed by atoms with Gasteiger partial charge in [-0.05, 0) is 30.5 Å². The number of aromatic nitrogens is 3. The van der Waals surface area contributed by atoms with Gasteiger partial charge in [0.1, 0.15) is 0 Å². The summed E-state index contributed by atoms with van der Waals surface area (Å²) in [6, 6.07) is 10.3. The minimum absolute atomic E-state index is 0.396. The van der Waals surface area contributed by atoms with Crippen LogP contribution in [0.1, 0.15) is 43.5 Å². The Kier molecular flexibility index (Phi) is 6.29. The van der Waals surface area contributed by atoms with Gasteiger partial charge in [-0.15, -0.1) is 0 Å². The zero-order valence-electron chi connectivity index (χ0n) is 17.5. The summed E-state index contributed by atoms with van der Waals surface area (Å²) in [6.45, 7) is 8.66. The van der Waals surface area contributed by atoms with Crippen molar-refractivity contribution in [2.75, 3.05) is 13.6 Å². The highest BCUT2D eigenvalue weighted by molar-refractivity contribution is 5.83. The Labute approximate surface area is 167 Å². The van der Waals surface area contributed by atoms with Crippen LogP contribution in [0.5, 0.6) is 0 Å². The van der Waals surface area contributed by atoms with Crippen LogP contribution >= 0.6 is 0 Å². The van der Waals surface area contributed by atoms with E-state index < -0.39 is 0 Å². The second-order valence-corrected chi connectivity index (χ2v) is 7.38. The molecule has 0 aliphatic heterocycles. The first-order chi connectivity index (χ1) is 13.5. The molecule has 2 heterocycles. The summed E-state index contributed by atoms with van der Waals surface area (Å²) < 4.78 is 1.89. The third-order valence-electron chi connectivity index (χ3n) is 4.73. The molecule has 0 spiro atoms. The summed E-state index contributed by atoms with van der Waals surface area (Å²) in [4.78, 5) is 11.5. The highest BCUT2D eigenvalue weighted by atomic mass is 15.3. The van der Waals surface area contributed by atoms with Crippen LogP contribution in [0.25, 0.3) is 10.9 Å². The number of nitrogens with one attached hydrogen (secondary N) is 1. The smallest absolute Gasteiger partial charge is 0.194 e. The standard InChI is InChI=1S/C22H30N6/c1-6-23-22(27(4)14-18-15-28(5)26-21(18)16(2)3)25-13-17-11-12-24-20-10-8-7-9-19(17)20/h7-12,15-16H,6,13-14H2,1-5H3,(H,23,25). The summed E-state index contributed by atoms with van der Waals surface area (Å²) in [7, 11) is 4.05. The molecule has 0 saturated carbocycles. The lowest BCUT2D eigenvalue weighted by atomic mass is 10.1. The number of rotatable bonds is 6. The zero-order valence-corrected chi connectivity index (χ0v) is 17.5. The monoisotopic (exact) mass is 378 g/mol. The fourth-order valence-electron chi connectivity index (χ4n) is 3.42. The molecular weight excluding hydrogens is 348 g/mol. The second-order valence-electron chi connectivity index (χ2n) is 7.38. The summed E-state index contributed by atoms with van der Waals surface area (Å²) in [5.74, 6) is 1.29. The van der Waals surface area contributed by atoms with Crippen LogP contribution in [0.2, 0.25) is 0 Å². The van der Waals surface area contributed by atoms with Gasteiger partial charge in [-0.2, -0.15) is 5.10 Å². The Balaban J connectivity index is 1.82. The molecule has 0 fully saturated rings. The number of hydrogen-bond donors (Lipinski definition) is 1. The molecule has 148 valence electrons. The summed E-state index contributed by atoms with van der Waals surface area (Å²) >= 11 is 0. The van der Waals surface area contributed by atoms with E-state index in [9.17, 15) is 0 Å². The molecule has 3 rings (SSSR count). The molecule has 0 aliphatic rings. The highest BCUT2D eigenvalue weighted by Crippen LogP contribution is 2.19. The Morgan fingerprint density at radius 2 is 2.00 bits per heavy atom. The van der Waals surface area contributed by atoms with Gasteiger partial charge >= 0.3 is 0 Å². The van der Waals surface area contributed by atoms with Crippen LogP contribution < -0.4 is 5.32 Å². The third-order valence-corrected chi connectivity index (χ3v) is 4.73. The number of aryl methyl sites for hydroxylation is 1. The van der Waals surface area contributed by atoms with Crippen molar-refractivity contribution in [2.24, 2.45) is 12.0 Å². The average Bonchev–Trinajstić information content (AvgIpc) is 3.05. The number of nitrogens with zero attached hydrogens (tertiary/aromatic N) is 5. The maximum absolute atomic E-state index is 4.89. The van der Waals surface area contributed by atoms with Crippen molar-refractivity contribution in [3.63, 3.8) is 0 Å². The largest absolute Gasteiger partial charge is 0.357 e. The predicted octanol–water partition coefficient (Wildman–Crippen LogP) is 3.69. The molecule has 0 bridgehead atoms. The number of hydrogen-bond acceptors (Lipinski definition) is 3. The molecule has 28 heavy (non-hydrogen) atoms. The summed E-state index contributed by atoms with van der Waals surface area (Å²) in [5, 5.41) is 9.18. The topological polar surface area (TPSA) is 58.3 Å². The van der Waals surface area contributed by atoms with E-state index in [1.807, 2.05) is 42.2 Å². The molecule has 0 amide bonds. The lowest BCUT2D eigenvalue weighted by Gasteiger charge is -2.22. The first-order valence-electron chi connectivity index (χ1n) is 9.84. The van der Waals surface area contributed by atoms with Gasteiger partial charge < -0.3 is 10.2 Å². The molecule has 3 aromatic rings. The van der Waals surface area contributed by atoms with E-state index in [0.29, 0.717) is 12.5 Å². The summed E-state index contributed by atoms with van der Waals surface area (Å²) in [5.41, 5.74) is 4.56. The van der Waals surface area contributed by atoms with Gasteiger partial charge in [0.15, 0.2) is 5.96 Å². The molecular formula is C22H30N6. The Hall–Kier alpha value is -2.89. The van der Waals surface area contributed by atoms with Crippen LogP contribution in [0.15, 0.2) is 47.7 Å². The van der Waals surface area contributed by atoms with Gasteiger partial charge in [-0.3, -0.25) is 9.67 Å². The number of guanidine groups is 1. The molecule has 0 atom stereocenters. The molecule has 6 nitrogen and oxygen atoms in total. The highest BCUT2D eigenvalue weighted by Gasteiger charge is 2.15. The Bertz CT molecular complexity index is 951. The van der Waals surface area contributed by atoms with Crippen LogP contribution in [-0.4, -0.2) is 39.2 Å². The molecule has 0 saturated heterocycles. The molecule has 2 aromatic heterocycles. The average molecular weight is 379 g/mol. The fourth-order valence-corrected chi connectivity index (χ4v) is 3.42. The third kappa shape index (κ3) is 4.50. The number of benzene rings is 1. The number of aliphatic imine (C=N–C) groups is 1. The summed E-state index contributed by atoms with van der Waals surface area (Å²) in [6.07, 6.45) is 3.96. The number of pyridine rings is 1. The predicted molar refractivity (Wildman–Crippen MR) is 115 cm³/mol. The molecule has 6 heteroatoms. The van der Waals surface area contributed by atoms with E-state index >= 15 is 0 Å².